The Labute approximate surface area is 117 Å². The van der Waals surface area contributed by atoms with Crippen LogP contribution in [0.25, 0.3) is 0 Å². The number of nitrogens with one attached hydrogen (secondary N) is 3. The molecule has 0 saturated carbocycles. The molecule has 0 bridgehead atoms. The van der Waals surface area contributed by atoms with Crippen LogP contribution in [0.1, 0.15) is 6.92 Å². The fourth-order valence-electron chi connectivity index (χ4n) is 1.25. The molecule has 0 aliphatic rings. The van der Waals surface area contributed by atoms with Gasteiger partial charge in [0.25, 0.3) is 0 Å². The van der Waals surface area contributed by atoms with E-state index in [0.717, 1.165) is 0 Å². The van der Waals surface area contributed by atoms with Gasteiger partial charge in [0.05, 0.1) is 17.3 Å². The van der Waals surface area contributed by atoms with E-state index in [-0.39, 0.29) is 30.8 Å². The third-order valence-electron chi connectivity index (χ3n) is 1.90. The van der Waals surface area contributed by atoms with Gasteiger partial charge in [0.15, 0.2) is 0 Å². The Hall–Kier alpha value is -1.30. The number of rotatable bonds is 4. The van der Waals surface area contributed by atoms with Crippen LogP contribution in [0.15, 0.2) is 18.2 Å². The number of benzene rings is 1. The lowest BCUT2D eigenvalue weighted by Crippen LogP contribution is -2.25. The highest BCUT2D eigenvalue weighted by molar-refractivity contribution is 6.34. The van der Waals surface area contributed by atoms with Crippen LogP contribution in [0.3, 0.4) is 0 Å². The summed E-state index contributed by atoms with van der Waals surface area (Å²) in [6.07, 6.45) is 0. The number of halogens is 2. The average Bonchev–Trinajstić information content (AvgIpc) is 2.22. The summed E-state index contributed by atoms with van der Waals surface area (Å²) in [5.41, 5.74) is 1.11. The first-order valence-corrected chi connectivity index (χ1v) is 5.42. The van der Waals surface area contributed by atoms with E-state index in [4.69, 9.17) is 11.6 Å². The lowest BCUT2D eigenvalue weighted by molar-refractivity contribution is -0.115. The molecule has 0 heterocycles. The summed E-state index contributed by atoms with van der Waals surface area (Å²) in [5.74, 6) is -0.352. The predicted molar refractivity (Wildman–Crippen MR) is 75.6 cm³/mol. The number of amides is 2. The van der Waals surface area contributed by atoms with E-state index < -0.39 is 0 Å². The maximum Gasteiger partial charge on any atom is 0.238 e. The van der Waals surface area contributed by atoms with E-state index in [0.29, 0.717) is 16.4 Å². The van der Waals surface area contributed by atoms with Crippen molar-refractivity contribution in [2.45, 2.75) is 6.92 Å². The topological polar surface area (TPSA) is 70.2 Å². The first-order valence-electron chi connectivity index (χ1n) is 5.04. The fourth-order valence-corrected chi connectivity index (χ4v) is 1.48. The van der Waals surface area contributed by atoms with Crippen LogP contribution in [0.4, 0.5) is 11.4 Å². The maximum absolute atomic E-state index is 11.3. The first-order chi connectivity index (χ1) is 8.02. The summed E-state index contributed by atoms with van der Waals surface area (Å²) in [7, 11) is 1.69. The third-order valence-corrected chi connectivity index (χ3v) is 2.21. The van der Waals surface area contributed by atoms with Gasteiger partial charge in [0.2, 0.25) is 11.8 Å². The number of carbonyl (C=O) groups excluding carboxylic acids is 2. The summed E-state index contributed by atoms with van der Waals surface area (Å²) >= 11 is 5.95. The van der Waals surface area contributed by atoms with Crippen molar-refractivity contribution in [1.29, 1.82) is 0 Å². The Morgan fingerprint density at radius 2 is 1.94 bits per heavy atom. The van der Waals surface area contributed by atoms with Gasteiger partial charge in [-0.3, -0.25) is 9.59 Å². The standard InChI is InChI=1S/C11H14ClN3O2.ClH/c1-7(16)14-10-4-3-8(5-9(10)12)15-11(17)6-13-2;/h3-5,13H,6H2,1-2H3,(H,14,16)(H,15,17);1H. The van der Waals surface area contributed by atoms with Crippen molar-refractivity contribution >= 4 is 47.2 Å². The number of anilines is 2. The molecule has 0 atom stereocenters. The molecule has 3 N–H and O–H groups in total. The maximum atomic E-state index is 11.3. The highest BCUT2D eigenvalue weighted by Crippen LogP contribution is 2.25. The van der Waals surface area contributed by atoms with Crippen LogP contribution in [0, 0.1) is 0 Å². The van der Waals surface area contributed by atoms with Crippen molar-refractivity contribution in [3.8, 4) is 0 Å². The molecule has 0 fully saturated rings. The van der Waals surface area contributed by atoms with Gasteiger partial charge in [-0.2, -0.15) is 0 Å². The van der Waals surface area contributed by atoms with Crippen LogP contribution in [-0.2, 0) is 9.59 Å². The number of hydrogen-bond donors (Lipinski definition) is 3. The van der Waals surface area contributed by atoms with E-state index in [1.165, 1.54) is 6.92 Å². The summed E-state index contributed by atoms with van der Waals surface area (Å²) in [5, 5.41) is 8.36. The quantitative estimate of drug-likeness (QED) is 0.793. The van der Waals surface area contributed by atoms with Crippen molar-refractivity contribution in [3.63, 3.8) is 0 Å². The van der Waals surface area contributed by atoms with Crippen LogP contribution < -0.4 is 16.0 Å². The molecule has 1 aromatic rings. The summed E-state index contributed by atoms with van der Waals surface area (Å²) < 4.78 is 0. The van der Waals surface area contributed by atoms with Gasteiger partial charge in [0.1, 0.15) is 0 Å². The van der Waals surface area contributed by atoms with E-state index >= 15 is 0 Å². The van der Waals surface area contributed by atoms with Crippen LogP contribution in [0.5, 0.6) is 0 Å². The SMILES string of the molecule is CNCC(=O)Nc1ccc(NC(C)=O)c(Cl)c1.Cl. The molecule has 0 radical (unpaired) electrons. The molecule has 0 spiro atoms. The van der Waals surface area contributed by atoms with Crippen LogP contribution >= 0.6 is 24.0 Å². The second-order valence-electron chi connectivity index (χ2n) is 3.45. The summed E-state index contributed by atoms with van der Waals surface area (Å²) in [4.78, 5) is 22.2. The minimum atomic E-state index is -0.195. The molecule has 7 heteroatoms. The van der Waals surface area contributed by atoms with E-state index in [2.05, 4.69) is 16.0 Å². The molecular weight excluding hydrogens is 277 g/mol. The molecule has 5 nitrogen and oxygen atoms in total. The van der Waals surface area contributed by atoms with E-state index in [1.807, 2.05) is 0 Å². The lowest BCUT2D eigenvalue weighted by atomic mass is 10.2. The largest absolute Gasteiger partial charge is 0.325 e. The van der Waals surface area contributed by atoms with E-state index in [1.54, 1.807) is 25.2 Å². The number of likely N-dealkylation sites (N-methyl/N-ethyl adjacent to an activating group) is 1. The Kier molecular flexibility index (Phi) is 7.35. The smallest absolute Gasteiger partial charge is 0.238 e. The molecule has 0 saturated heterocycles. The molecule has 100 valence electrons. The minimum absolute atomic E-state index is 0. The van der Waals surface area contributed by atoms with Crippen LogP contribution in [-0.4, -0.2) is 25.4 Å². The van der Waals surface area contributed by atoms with Gasteiger partial charge in [-0.05, 0) is 25.2 Å². The highest BCUT2D eigenvalue weighted by Gasteiger charge is 2.05. The molecule has 0 aliphatic heterocycles. The number of hydrogen-bond acceptors (Lipinski definition) is 3. The second kappa shape index (κ2) is 7.92. The van der Waals surface area contributed by atoms with Crippen LogP contribution in [0.2, 0.25) is 5.02 Å². The van der Waals surface area contributed by atoms with Gasteiger partial charge in [-0.15, -0.1) is 12.4 Å². The van der Waals surface area contributed by atoms with Gasteiger partial charge < -0.3 is 16.0 Å². The minimum Gasteiger partial charge on any atom is -0.325 e. The Morgan fingerprint density at radius 1 is 1.28 bits per heavy atom. The summed E-state index contributed by atoms with van der Waals surface area (Å²) in [6.45, 7) is 1.63. The average molecular weight is 292 g/mol. The highest BCUT2D eigenvalue weighted by atomic mass is 35.5. The Morgan fingerprint density at radius 3 is 2.44 bits per heavy atom. The van der Waals surface area contributed by atoms with E-state index in [9.17, 15) is 9.59 Å². The zero-order chi connectivity index (χ0) is 12.8. The monoisotopic (exact) mass is 291 g/mol. The first kappa shape index (κ1) is 16.7. The third kappa shape index (κ3) is 5.35. The molecular formula is C11H15Cl2N3O2. The fraction of sp³-hybridized carbons (Fsp3) is 0.273. The van der Waals surface area contributed by atoms with Gasteiger partial charge in [-0.25, -0.2) is 0 Å². The van der Waals surface area contributed by atoms with Crippen molar-refractivity contribution in [2.24, 2.45) is 0 Å². The molecule has 18 heavy (non-hydrogen) atoms. The van der Waals surface area contributed by atoms with Crippen molar-refractivity contribution in [2.75, 3.05) is 24.2 Å². The lowest BCUT2D eigenvalue weighted by Gasteiger charge is -2.08. The van der Waals surface area contributed by atoms with Gasteiger partial charge in [0, 0.05) is 12.6 Å². The molecule has 1 rings (SSSR count). The van der Waals surface area contributed by atoms with Crippen molar-refractivity contribution in [1.82, 2.24) is 5.32 Å². The summed E-state index contributed by atoms with van der Waals surface area (Å²) in [6, 6.07) is 4.89. The van der Waals surface area contributed by atoms with Gasteiger partial charge in [-0.1, -0.05) is 11.6 Å². The van der Waals surface area contributed by atoms with Gasteiger partial charge >= 0.3 is 0 Å². The van der Waals surface area contributed by atoms with Crippen molar-refractivity contribution < 1.29 is 9.59 Å². The normalized spacial score (nSPS) is 9.28. The number of carbonyl (C=O) groups is 2. The van der Waals surface area contributed by atoms with Crippen molar-refractivity contribution in [3.05, 3.63) is 23.2 Å². The molecule has 0 unspecified atom stereocenters. The Bertz CT molecular complexity index is 438. The predicted octanol–water partition coefficient (Wildman–Crippen LogP) is 1.88. The zero-order valence-electron chi connectivity index (χ0n) is 10.0. The molecule has 0 aliphatic carbocycles. The zero-order valence-corrected chi connectivity index (χ0v) is 11.6. The molecule has 2 amide bonds. The second-order valence-corrected chi connectivity index (χ2v) is 3.86. The molecule has 1 aromatic carbocycles. The molecule has 0 aromatic heterocycles. The Balaban J connectivity index is 0.00000289.